The van der Waals surface area contributed by atoms with Crippen molar-refractivity contribution in [2.24, 2.45) is 0 Å². The largest absolute Gasteiger partial charge is 0.354 e. The van der Waals surface area contributed by atoms with Crippen molar-refractivity contribution in [3.8, 4) is 0 Å². The van der Waals surface area contributed by atoms with E-state index in [1.165, 1.54) is 0 Å². The van der Waals surface area contributed by atoms with Crippen molar-refractivity contribution in [3.63, 3.8) is 0 Å². The van der Waals surface area contributed by atoms with Crippen molar-refractivity contribution >= 4 is 16.9 Å². The quantitative estimate of drug-likeness (QED) is 0.773. The number of rotatable bonds is 4. The zero-order valence-corrected chi connectivity index (χ0v) is 10.5. The molecule has 0 atom stereocenters. The van der Waals surface area contributed by atoms with Gasteiger partial charge in [-0.15, -0.1) is 0 Å². The summed E-state index contributed by atoms with van der Waals surface area (Å²) in [5, 5.41) is 4.28. The zero-order valence-electron chi connectivity index (χ0n) is 10.5. The molecule has 0 radical (unpaired) electrons. The van der Waals surface area contributed by atoms with Gasteiger partial charge in [-0.2, -0.15) is 0 Å². The van der Waals surface area contributed by atoms with Crippen LogP contribution in [0.1, 0.15) is 5.69 Å². The van der Waals surface area contributed by atoms with E-state index < -0.39 is 0 Å². The summed E-state index contributed by atoms with van der Waals surface area (Å²) in [5.74, 6) is 0.662. The first-order valence-corrected chi connectivity index (χ1v) is 6.27. The van der Waals surface area contributed by atoms with Crippen molar-refractivity contribution < 1.29 is 0 Å². The molecule has 0 aliphatic rings. The van der Waals surface area contributed by atoms with Gasteiger partial charge in [0.15, 0.2) is 0 Å². The lowest BCUT2D eigenvalue weighted by Gasteiger charge is -2.05. The smallest absolute Gasteiger partial charge is 0.223 e. The second-order valence-corrected chi connectivity index (χ2v) is 4.25. The molecule has 3 aromatic rings. The van der Waals surface area contributed by atoms with Crippen molar-refractivity contribution in [2.75, 3.05) is 11.9 Å². The highest BCUT2D eigenvalue weighted by molar-refractivity contribution is 5.78. The lowest BCUT2D eigenvalue weighted by molar-refractivity contribution is 0.945. The Morgan fingerprint density at radius 2 is 1.84 bits per heavy atom. The predicted octanol–water partition coefficient (Wildman–Crippen LogP) is 2.68. The highest BCUT2D eigenvalue weighted by atomic mass is 15.1. The van der Waals surface area contributed by atoms with Crippen molar-refractivity contribution in [3.05, 3.63) is 60.6 Å². The van der Waals surface area contributed by atoms with E-state index in [1.54, 1.807) is 0 Å². The van der Waals surface area contributed by atoms with Crippen LogP contribution >= 0.6 is 0 Å². The highest BCUT2D eigenvalue weighted by Gasteiger charge is 1.99. The number of anilines is 1. The minimum atomic E-state index is 0.662. The topological polar surface area (TPSA) is 50.7 Å². The molecule has 2 heterocycles. The maximum atomic E-state index is 4.46. The van der Waals surface area contributed by atoms with Crippen LogP contribution in [0.25, 0.3) is 10.9 Å². The Labute approximate surface area is 111 Å². The van der Waals surface area contributed by atoms with Gasteiger partial charge in [0, 0.05) is 36.4 Å². The Bertz CT molecular complexity index is 667. The summed E-state index contributed by atoms with van der Waals surface area (Å²) >= 11 is 0. The Hall–Kier alpha value is -2.49. The van der Waals surface area contributed by atoms with Crippen LogP contribution in [-0.4, -0.2) is 21.5 Å². The summed E-state index contributed by atoms with van der Waals surface area (Å²) < 4.78 is 0. The molecule has 0 saturated carbocycles. The number of aromatic nitrogens is 3. The fraction of sp³-hybridized carbons (Fsp3) is 0.133. The van der Waals surface area contributed by atoms with E-state index in [0.717, 1.165) is 29.6 Å². The lowest BCUT2D eigenvalue weighted by atomic mass is 10.2. The molecule has 2 aromatic heterocycles. The summed E-state index contributed by atoms with van der Waals surface area (Å²) in [6, 6.07) is 13.9. The Morgan fingerprint density at radius 3 is 2.74 bits per heavy atom. The molecule has 0 saturated heterocycles. The molecule has 4 heteroatoms. The Balaban J connectivity index is 1.65. The number of hydrogen-bond acceptors (Lipinski definition) is 4. The number of fused-ring (bicyclic) bond motifs is 1. The van der Waals surface area contributed by atoms with Crippen LogP contribution in [0, 0.1) is 0 Å². The number of nitrogens with zero attached hydrogens (tertiary/aromatic N) is 3. The summed E-state index contributed by atoms with van der Waals surface area (Å²) in [7, 11) is 0. The van der Waals surface area contributed by atoms with Crippen LogP contribution in [-0.2, 0) is 6.42 Å². The SMILES string of the molecule is c1ccc(CCNc2ncc3ccccc3n2)nc1. The fourth-order valence-corrected chi connectivity index (χ4v) is 1.91. The number of para-hydroxylation sites is 1. The maximum absolute atomic E-state index is 4.46. The van der Waals surface area contributed by atoms with Gasteiger partial charge in [0.25, 0.3) is 0 Å². The highest BCUT2D eigenvalue weighted by Crippen LogP contribution is 2.11. The predicted molar refractivity (Wildman–Crippen MR) is 76.0 cm³/mol. The average molecular weight is 250 g/mol. The third-order valence-corrected chi connectivity index (χ3v) is 2.88. The van der Waals surface area contributed by atoms with E-state index in [2.05, 4.69) is 20.3 Å². The molecule has 0 unspecified atom stereocenters. The molecule has 0 bridgehead atoms. The number of benzene rings is 1. The van der Waals surface area contributed by atoms with Crippen LogP contribution in [0.4, 0.5) is 5.95 Å². The van der Waals surface area contributed by atoms with Crippen LogP contribution in [0.2, 0.25) is 0 Å². The van der Waals surface area contributed by atoms with Gasteiger partial charge in [0.2, 0.25) is 5.95 Å². The minimum Gasteiger partial charge on any atom is -0.354 e. The zero-order chi connectivity index (χ0) is 12.9. The van der Waals surface area contributed by atoms with Gasteiger partial charge in [-0.25, -0.2) is 9.97 Å². The van der Waals surface area contributed by atoms with Crippen LogP contribution < -0.4 is 5.32 Å². The van der Waals surface area contributed by atoms with E-state index in [4.69, 9.17) is 0 Å². The molecule has 0 fully saturated rings. The molecule has 1 aromatic carbocycles. The van der Waals surface area contributed by atoms with Crippen LogP contribution in [0.3, 0.4) is 0 Å². The summed E-state index contributed by atoms with van der Waals surface area (Å²) in [5.41, 5.74) is 2.02. The Morgan fingerprint density at radius 1 is 0.947 bits per heavy atom. The van der Waals surface area contributed by atoms with Gasteiger partial charge >= 0.3 is 0 Å². The number of nitrogens with one attached hydrogen (secondary N) is 1. The molecular weight excluding hydrogens is 236 g/mol. The van der Waals surface area contributed by atoms with Crippen molar-refractivity contribution in [2.45, 2.75) is 6.42 Å². The molecule has 0 aliphatic heterocycles. The van der Waals surface area contributed by atoms with Gasteiger partial charge in [0.05, 0.1) is 5.52 Å². The second kappa shape index (κ2) is 5.44. The standard InChI is InChI=1S/C15H14N4/c1-2-7-14-12(5-1)11-18-15(19-14)17-10-8-13-6-3-4-9-16-13/h1-7,9,11H,8,10H2,(H,17,18,19). The molecule has 94 valence electrons. The van der Waals surface area contributed by atoms with Crippen molar-refractivity contribution in [1.29, 1.82) is 0 Å². The van der Waals surface area contributed by atoms with E-state index in [0.29, 0.717) is 5.95 Å². The minimum absolute atomic E-state index is 0.662. The molecule has 0 aliphatic carbocycles. The first-order chi connectivity index (χ1) is 9.42. The molecule has 0 amide bonds. The third-order valence-electron chi connectivity index (χ3n) is 2.88. The summed E-state index contributed by atoms with van der Waals surface area (Å²) in [4.78, 5) is 13.0. The second-order valence-electron chi connectivity index (χ2n) is 4.25. The maximum Gasteiger partial charge on any atom is 0.223 e. The van der Waals surface area contributed by atoms with Gasteiger partial charge in [-0.05, 0) is 18.2 Å². The van der Waals surface area contributed by atoms with E-state index >= 15 is 0 Å². The molecule has 19 heavy (non-hydrogen) atoms. The fourth-order valence-electron chi connectivity index (χ4n) is 1.91. The van der Waals surface area contributed by atoms with Gasteiger partial charge in [0.1, 0.15) is 0 Å². The van der Waals surface area contributed by atoms with Crippen molar-refractivity contribution in [1.82, 2.24) is 15.0 Å². The molecule has 4 nitrogen and oxygen atoms in total. The number of pyridine rings is 1. The monoisotopic (exact) mass is 250 g/mol. The Kier molecular flexibility index (Phi) is 3.32. The van der Waals surface area contributed by atoms with E-state index in [-0.39, 0.29) is 0 Å². The van der Waals surface area contributed by atoms with Crippen LogP contribution in [0.15, 0.2) is 54.9 Å². The summed E-state index contributed by atoms with van der Waals surface area (Å²) in [6.07, 6.45) is 4.50. The molecule has 0 spiro atoms. The first-order valence-electron chi connectivity index (χ1n) is 6.27. The summed E-state index contributed by atoms with van der Waals surface area (Å²) in [6.45, 7) is 0.773. The first kappa shape index (κ1) is 11.6. The van der Waals surface area contributed by atoms with Gasteiger partial charge in [-0.3, -0.25) is 4.98 Å². The average Bonchev–Trinajstić information content (AvgIpc) is 2.48. The van der Waals surface area contributed by atoms with E-state index in [1.807, 2.05) is 54.9 Å². The van der Waals surface area contributed by atoms with Gasteiger partial charge < -0.3 is 5.32 Å². The number of hydrogen-bond donors (Lipinski definition) is 1. The van der Waals surface area contributed by atoms with Crippen LogP contribution in [0.5, 0.6) is 0 Å². The lowest BCUT2D eigenvalue weighted by Crippen LogP contribution is -2.08. The molecular formula is C15H14N4. The molecule has 3 rings (SSSR count). The van der Waals surface area contributed by atoms with Gasteiger partial charge in [-0.1, -0.05) is 24.3 Å². The van der Waals surface area contributed by atoms with E-state index in [9.17, 15) is 0 Å². The molecule has 1 N–H and O–H groups in total. The third kappa shape index (κ3) is 2.85. The normalized spacial score (nSPS) is 10.5.